The van der Waals surface area contributed by atoms with Gasteiger partial charge in [0, 0.05) is 47.6 Å². The predicted molar refractivity (Wildman–Crippen MR) is 234 cm³/mol. The Kier molecular flexibility index (Phi) is 4.85. The summed E-state index contributed by atoms with van der Waals surface area (Å²) in [4.78, 5) is 15.0. The van der Waals surface area contributed by atoms with Crippen molar-refractivity contribution in [3.8, 4) is 62.1 Å². The molecule has 0 saturated carbocycles. The molecule has 11 rings (SSSR count). The molecule has 0 bridgehead atoms. The quantitative estimate of drug-likeness (QED) is 0.170. The van der Waals surface area contributed by atoms with Crippen LogP contribution in [0.5, 0.6) is 0 Å². The molecule has 0 radical (unpaired) electrons. The molecular formula is C51H32N4S. The van der Waals surface area contributed by atoms with Gasteiger partial charge < -0.3 is 4.57 Å². The van der Waals surface area contributed by atoms with Gasteiger partial charge in [-0.05, 0) is 58.6 Å². The number of hydrogen-bond donors (Lipinski definition) is 0. The molecule has 8 aromatic carbocycles. The SMILES string of the molecule is [2H]c1c([2H])c([2H])c2c(sc3c([2H])c([2H])c([2H])c(-c4ccc(-n5c6c([2H])c([2H])c([2H])c([2H])c6c6c([2H])c([2H])c([2H])c([2H])c65)c(-c5nc(-c6ccccc6)nc(-c6ccc(-c7ccccc7)cc6)n5)c4)c32)c1[2H]. The standard InChI is InChI=1S/C51H32N4S/c1-3-14-33(15-4-1)34-26-28-36(29-27-34)50-52-49(35-16-5-2-6-17-35)53-51(54-50)42-32-37(38-21-13-25-47-48(38)41-20-9-12-24-46(41)56-47)30-31-45(42)55-43-22-10-7-18-39(43)40-19-8-11-23-44(40)55/h1-32H/i7D,8D,9D,10D,11D,12D,13D,18D,19D,20D,21D,22D,23D,24D,25D. The summed E-state index contributed by atoms with van der Waals surface area (Å²) in [5.41, 5.74) is 3.20. The first-order valence-electron chi connectivity index (χ1n) is 25.1. The van der Waals surface area contributed by atoms with Crippen LogP contribution in [-0.2, 0) is 0 Å². The Hall–Kier alpha value is -7.21. The maximum atomic E-state index is 9.43. The maximum absolute atomic E-state index is 9.43. The topological polar surface area (TPSA) is 43.6 Å². The molecule has 0 aliphatic carbocycles. The van der Waals surface area contributed by atoms with Crippen LogP contribution in [-0.4, -0.2) is 19.5 Å². The van der Waals surface area contributed by atoms with Crippen LogP contribution < -0.4 is 0 Å². The Morgan fingerprint density at radius 3 is 1.62 bits per heavy atom. The van der Waals surface area contributed by atoms with E-state index < -0.39 is 78.6 Å². The minimum absolute atomic E-state index is 0.0161. The van der Waals surface area contributed by atoms with Gasteiger partial charge in [-0.15, -0.1) is 11.3 Å². The van der Waals surface area contributed by atoms with Gasteiger partial charge in [0.05, 0.1) is 37.3 Å². The summed E-state index contributed by atoms with van der Waals surface area (Å²) in [6.07, 6.45) is 0. The molecule has 0 aliphatic heterocycles. The lowest BCUT2D eigenvalue weighted by atomic mass is 9.96. The zero-order valence-electron chi connectivity index (χ0n) is 44.0. The lowest BCUT2D eigenvalue weighted by Gasteiger charge is -2.17. The molecule has 3 aromatic heterocycles. The molecule has 56 heavy (non-hydrogen) atoms. The Bertz CT molecular complexity index is 4030. The van der Waals surface area contributed by atoms with Crippen molar-refractivity contribution < 1.29 is 20.6 Å². The van der Waals surface area contributed by atoms with Crippen LogP contribution in [0, 0.1) is 0 Å². The second-order valence-electron chi connectivity index (χ2n) is 12.9. The van der Waals surface area contributed by atoms with Gasteiger partial charge in [0.25, 0.3) is 0 Å². The molecule has 0 fully saturated rings. The molecule has 3 heterocycles. The van der Waals surface area contributed by atoms with Gasteiger partial charge in [-0.25, -0.2) is 15.0 Å². The summed E-state index contributed by atoms with van der Waals surface area (Å²) in [5.74, 6) is 0.416. The number of rotatable bonds is 6. The highest BCUT2D eigenvalue weighted by Crippen LogP contribution is 2.43. The van der Waals surface area contributed by atoms with Crippen molar-refractivity contribution >= 4 is 53.3 Å². The molecule has 0 atom stereocenters. The minimum atomic E-state index is -0.624. The first-order valence-corrected chi connectivity index (χ1v) is 18.4. The number of fused-ring (bicyclic) bond motifs is 6. The lowest BCUT2D eigenvalue weighted by molar-refractivity contribution is 1.06. The van der Waals surface area contributed by atoms with Crippen LogP contribution in [0.1, 0.15) is 20.6 Å². The number of hydrogen-bond acceptors (Lipinski definition) is 4. The van der Waals surface area contributed by atoms with Gasteiger partial charge in [0.15, 0.2) is 17.5 Å². The second kappa shape index (κ2) is 13.3. The third-order valence-corrected chi connectivity index (χ3v) is 10.7. The molecule has 0 N–H and O–H groups in total. The molecule has 262 valence electrons. The number of thiophene rings is 1. The van der Waals surface area contributed by atoms with Crippen LogP contribution in [0.2, 0.25) is 0 Å². The summed E-state index contributed by atoms with van der Waals surface area (Å²) in [5, 5.41) is -0.124. The van der Waals surface area contributed by atoms with Crippen molar-refractivity contribution in [3.05, 3.63) is 194 Å². The molecule has 0 saturated heterocycles. The van der Waals surface area contributed by atoms with Crippen molar-refractivity contribution in [3.63, 3.8) is 0 Å². The van der Waals surface area contributed by atoms with Crippen molar-refractivity contribution in [2.75, 3.05) is 0 Å². The largest absolute Gasteiger partial charge is 0.309 e. The van der Waals surface area contributed by atoms with E-state index in [0.717, 1.165) is 22.5 Å². The monoisotopic (exact) mass is 747 g/mol. The van der Waals surface area contributed by atoms with Crippen molar-refractivity contribution in [1.29, 1.82) is 0 Å². The van der Waals surface area contributed by atoms with E-state index in [1.165, 1.54) is 10.6 Å². The number of para-hydroxylation sites is 2. The normalized spacial score (nSPS) is 15.3. The maximum Gasteiger partial charge on any atom is 0.166 e. The number of benzene rings is 8. The van der Waals surface area contributed by atoms with E-state index in [2.05, 4.69) is 0 Å². The average molecular weight is 748 g/mol. The van der Waals surface area contributed by atoms with Gasteiger partial charge in [-0.3, -0.25) is 0 Å². The van der Waals surface area contributed by atoms with Gasteiger partial charge in [0.1, 0.15) is 0 Å². The molecule has 0 spiro atoms. The molecule has 5 heteroatoms. The molecule has 4 nitrogen and oxygen atoms in total. The Balaban J connectivity index is 1.31. The number of nitrogens with zero attached hydrogens (tertiary/aromatic N) is 4. The Morgan fingerprint density at radius 1 is 0.411 bits per heavy atom. The highest BCUT2D eigenvalue weighted by Gasteiger charge is 2.21. The molecule has 11 aromatic rings. The van der Waals surface area contributed by atoms with E-state index in [9.17, 15) is 4.11 Å². The third-order valence-electron chi connectivity index (χ3n) is 9.67. The van der Waals surface area contributed by atoms with Gasteiger partial charge in [0.2, 0.25) is 0 Å². The number of aromatic nitrogens is 4. The van der Waals surface area contributed by atoms with Crippen molar-refractivity contribution in [1.82, 2.24) is 19.5 Å². The van der Waals surface area contributed by atoms with E-state index in [0.29, 0.717) is 11.1 Å². The summed E-state index contributed by atoms with van der Waals surface area (Å²) in [7, 11) is 0. The smallest absolute Gasteiger partial charge is 0.166 e. The fraction of sp³-hybridized carbons (Fsp3) is 0. The van der Waals surface area contributed by atoms with E-state index >= 15 is 0 Å². The van der Waals surface area contributed by atoms with Crippen LogP contribution in [0.4, 0.5) is 0 Å². The van der Waals surface area contributed by atoms with E-state index in [4.69, 9.17) is 31.4 Å². The zero-order valence-corrected chi connectivity index (χ0v) is 29.8. The van der Waals surface area contributed by atoms with Crippen LogP contribution >= 0.6 is 11.3 Å². The van der Waals surface area contributed by atoms with Crippen LogP contribution in [0.25, 0.3) is 104 Å². The van der Waals surface area contributed by atoms with Crippen LogP contribution in [0.15, 0.2) is 194 Å². The first kappa shape index (κ1) is 20.5. The van der Waals surface area contributed by atoms with Crippen molar-refractivity contribution in [2.24, 2.45) is 0 Å². The Morgan fingerprint density at radius 2 is 0.929 bits per heavy atom. The summed E-state index contributed by atoms with van der Waals surface area (Å²) >= 11 is 0.916. The molecule has 0 unspecified atom stereocenters. The molecule has 0 amide bonds. The van der Waals surface area contributed by atoms with Crippen LogP contribution in [0.3, 0.4) is 0 Å². The van der Waals surface area contributed by atoms with E-state index in [1.54, 1.807) is 12.1 Å². The molecular weight excluding hydrogens is 701 g/mol. The van der Waals surface area contributed by atoms with Gasteiger partial charge >= 0.3 is 0 Å². The summed E-state index contributed by atoms with van der Waals surface area (Å²) in [6, 6.07) is 23.4. The average Bonchev–Trinajstić information content (AvgIpc) is 3.97. The zero-order chi connectivity index (χ0) is 50.1. The predicted octanol–water partition coefficient (Wildman–Crippen LogP) is 13.7. The van der Waals surface area contributed by atoms with Gasteiger partial charge in [-0.1, -0.05) is 157 Å². The highest BCUT2D eigenvalue weighted by atomic mass is 32.1. The first-order chi connectivity index (χ1) is 34.0. The van der Waals surface area contributed by atoms with Gasteiger partial charge in [-0.2, -0.15) is 0 Å². The molecule has 0 aliphatic rings. The summed E-state index contributed by atoms with van der Waals surface area (Å²) in [6.45, 7) is 0. The second-order valence-corrected chi connectivity index (χ2v) is 13.9. The van der Waals surface area contributed by atoms with E-state index in [1.807, 2.05) is 84.9 Å². The third kappa shape index (κ3) is 5.40. The summed E-state index contributed by atoms with van der Waals surface area (Å²) < 4.78 is 136. The van der Waals surface area contributed by atoms with Crippen molar-refractivity contribution in [2.45, 2.75) is 0 Å². The van der Waals surface area contributed by atoms with E-state index in [-0.39, 0.29) is 93.9 Å². The lowest BCUT2D eigenvalue weighted by Crippen LogP contribution is -2.04. The fourth-order valence-corrected chi connectivity index (χ4v) is 8.06. The Labute approximate surface area is 348 Å². The minimum Gasteiger partial charge on any atom is -0.309 e. The highest BCUT2D eigenvalue weighted by molar-refractivity contribution is 7.25. The fourth-order valence-electron chi connectivity index (χ4n) is 7.09.